The average molecular weight is 1300 g/mol. The molecular formula is C82H143NO8P+. The quantitative estimate of drug-likeness (QED) is 0.0211. The van der Waals surface area contributed by atoms with E-state index in [1.165, 1.54) is 186 Å². The zero-order chi connectivity index (χ0) is 66.9. The Hall–Kier alpha value is -3.85. The zero-order valence-corrected chi connectivity index (χ0v) is 61.1. The fraction of sp³-hybridized carbons (Fsp3) is 0.707. The summed E-state index contributed by atoms with van der Waals surface area (Å²) in [7, 11) is 1.47. The number of nitrogens with zero attached hydrogens (tertiary/aromatic N) is 1. The molecule has 92 heavy (non-hydrogen) atoms. The first-order chi connectivity index (χ1) is 45.0. The summed E-state index contributed by atoms with van der Waals surface area (Å²) in [5.41, 5.74) is 0. The molecule has 0 fully saturated rings. The maximum Gasteiger partial charge on any atom is 0.472 e. The second kappa shape index (κ2) is 71.4. The van der Waals surface area contributed by atoms with Crippen LogP contribution >= 0.6 is 7.82 Å². The standard InChI is InChI=1S/C82H142NO8P/c1-6-8-10-12-14-16-18-20-22-24-26-28-30-32-34-35-36-37-38-39-40-41-42-43-44-45-46-47-49-51-53-55-57-59-61-63-65-67-69-71-73-75-82(85)91-80(79-90-92(86,87)89-77-76-83(3,4)5)78-88-81(84)74-72-70-68-66-64-62-60-58-56-54-52-50-48-33-31-29-27-25-23-21-19-17-15-13-11-9-7-2/h8,10,14,16,19-22,25-28,32,34,36-37,39-40,42-43,45-46,80H,6-7,9,11-13,15,17-18,23-24,29-31,33,35,38,41,44,47-79H2,1-5H3/p+1/b10-8-,16-14-,21-19-,22-20-,27-25-,28-26-,34-32-,37-36-,40-39-,43-42-,46-45-. The van der Waals surface area contributed by atoms with Crippen LogP contribution in [-0.2, 0) is 32.7 Å². The lowest BCUT2D eigenvalue weighted by molar-refractivity contribution is -0.870. The molecule has 0 saturated heterocycles. The molecule has 0 aliphatic heterocycles. The van der Waals surface area contributed by atoms with Crippen molar-refractivity contribution in [1.82, 2.24) is 0 Å². The molecule has 0 aliphatic rings. The van der Waals surface area contributed by atoms with Gasteiger partial charge in [-0.05, 0) is 116 Å². The van der Waals surface area contributed by atoms with Gasteiger partial charge in [-0.25, -0.2) is 4.57 Å². The molecule has 0 aliphatic carbocycles. The van der Waals surface area contributed by atoms with Crippen molar-refractivity contribution in [3.05, 3.63) is 134 Å². The fourth-order valence-corrected chi connectivity index (χ4v) is 11.1. The third-order valence-electron chi connectivity index (χ3n) is 16.2. The number of ether oxygens (including phenoxy) is 2. The first-order valence-electron chi connectivity index (χ1n) is 37.9. The van der Waals surface area contributed by atoms with Gasteiger partial charge in [0.25, 0.3) is 0 Å². The van der Waals surface area contributed by atoms with Crippen LogP contribution in [0.3, 0.4) is 0 Å². The number of likely N-dealkylation sites (N-methyl/N-ethyl adjacent to an activating group) is 1. The molecule has 2 atom stereocenters. The van der Waals surface area contributed by atoms with Crippen LogP contribution in [0, 0.1) is 0 Å². The number of rotatable bonds is 69. The van der Waals surface area contributed by atoms with Crippen molar-refractivity contribution in [2.24, 2.45) is 0 Å². The molecular weight excluding hydrogens is 1160 g/mol. The molecule has 0 heterocycles. The van der Waals surface area contributed by atoms with E-state index in [2.05, 4.69) is 148 Å². The molecule has 0 amide bonds. The van der Waals surface area contributed by atoms with Crippen molar-refractivity contribution in [3.8, 4) is 0 Å². The number of carbonyl (C=O) groups is 2. The first kappa shape index (κ1) is 88.2. The molecule has 2 unspecified atom stereocenters. The predicted molar refractivity (Wildman–Crippen MR) is 399 cm³/mol. The normalized spacial score (nSPS) is 13.8. The Balaban J connectivity index is 4.03. The lowest BCUT2D eigenvalue weighted by Crippen LogP contribution is -2.37. The van der Waals surface area contributed by atoms with Crippen LogP contribution in [0.15, 0.2) is 134 Å². The minimum absolute atomic E-state index is 0.0277. The lowest BCUT2D eigenvalue weighted by Gasteiger charge is -2.24. The monoisotopic (exact) mass is 1300 g/mol. The van der Waals surface area contributed by atoms with Crippen molar-refractivity contribution in [2.75, 3.05) is 47.5 Å². The molecule has 9 nitrogen and oxygen atoms in total. The highest BCUT2D eigenvalue weighted by molar-refractivity contribution is 7.47. The summed E-state index contributed by atoms with van der Waals surface area (Å²) in [5, 5.41) is 0. The number of quaternary nitrogens is 1. The molecule has 0 saturated carbocycles. The Kier molecular flexibility index (Phi) is 68.5. The van der Waals surface area contributed by atoms with E-state index in [-0.39, 0.29) is 32.0 Å². The zero-order valence-electron chi connectivity index (χ0n) is 60.2. The van der Waals surface area contributed by atoms with E-state index in [1.54, 1.807) is 0 Å². The van der Waals surface area contributed by atoms with Crippen LogP contribution in [0.2, 0.25) is 0 Å². The van der Waals surface area contributed by atoms with Gasteiger partial charge < -0.3 is 18.9 Å². The SMILES string of the molecule is CC/C=C\C/C=C\C/C=C\C/C=C\C/C=C\C/C=C\C/C=C\C/C=C\C/C=C\CCCCCCCCCCCCCCCC(=O)OC(COC(=O)CCCCCCCCCCCCCCCCC/C=C\C/C=C\CCCCCCC)COP(=O)(O)OCC[N+](C)(C)C. The van der Waals surface area contributed by atoms with Gasteiger partial charge in [0.2, 0.25) is 0 Å². The highest BCUT2D eigenvalue weighted by Crippen LogP contribution is 2.43. The summed E-state index contributed by atoms with van der Waals surface area (Å²) in [6, 6.07) is 0. The molecule has 0 spiro atoms. The smallest absolute Gasteiger partial charge is 0.462 e. The van der Waals surface area contributed by atoms with Gasteiger partial charge in [-0.3, -0.25) is 18.6 Å². The Labute approximate surface area is 568 Å². The minimum Gasteiger partial charge on any atom is -0.462 e. The molecule has 0 aromatic carbocycles. The Morgan fingerprint density at radius 3 is 0.924 bits per heavy atom. The van der Waals surface area contributed by atoms with Crippen molar-refractivity contribution in [1.29, 1.82) is 0 Å². The van der Waals surface area contributed by atoms with Crippen LogP contribution in [0.4, 0.5) is 0 Å². The highest BCUT2D eigenvalue weighted by atomic mass is 31.2. The van der Waals surface area contributed by atoms with Gasteiger partial charge in [-0.1, -0.05) is 327 Å². The summed E-state index contributed by atoms with van der Waals surface area (Å²) in [6.45, 7) is 4.33. The number of carbonyl (C=O) groups excluding carboxylic acids is 2. The second-order valence-corrected chi connectivity index (χ2v) is 27.8. The van der Waals surface area contributed by atoms with E-state index in [9.17, 15) is 19.0 Å². The molecule has 0 rings (SSSR count). The van der Waals surface area contributed by atoms with Gasteiger partial charge in [-0.15, -0.1) is 0 Å². The fourth-order valence-electron chi connectivity index (χ4n) is 10.4. The Morgan fingerprint density at radius 2 is 0.620 bits per heavy atom. The van der Waals surface area contributed by atoms with Crippen molar-refractivity contribution < 1.29 is 42.1 Å². The number of phosphoric ester groups is 1. The van der Waals surface area contributed by atoms with E-state index in [0.717, 1.165) is 103 Å². The summed E-state index contributed by atoms with van der Waals surface area (Å²) in [5.74, 6) is -0.793. The maximum atomic E-state index is 12.9. The van der Waals surface area contributed by atoms with Crippen molar-refractivity contribution >= 4 is 19.8 Å². The van der Waals surface area contributed by atoms with Crippen molar-refractivity contribution in [2.45, 2.75) is 328 Å². The van der Waals surface area contributed by atoms with Gasteiger partial charge in [0.05, 0.1) is 27.7 Å². The van der Waals surface area contributed by atoms with E-state index in [1.807, 2.05) is 21.1 Å². The van der Waals surface area contributed by atoms with Gasteiger partial charge in [0, 0.05) is 12.8 Å². The number of allylic oxidation sites excluding steroid dienone is 22. The number of phosphoric acid groups is 1. The molecule has 1 N–H and O–H groups in total. The minimum atomic E-state index is -4.40. The predicted octanol–water partition coefficient (Wildman–Crippen LogP) is 25.2. The number of hydrogen-bond acceptors (Lipinski definition) is 7. The van der Waals surface area contributed by atoms with Crippen LogP contribution < -0.4 is 0 Å². The van der Waals surface area contributed by atoms with Gasteiger partial charge in [0.1, 0.15) is 19.8 Å². The Bertz CT molecular complexity index is 2020. The van der Waals surface area contributed by atoms with E-state index >= 15 is 0 Å². The molecule has 0 bridgehead atoms. The van der Waals surface area contributed by atoms with Crippen LogP contribution in [0.1, 0.15) is 322 Å². The maximum absolute atomic E-state index is 12.9. The summed E-state index contributed by atoms with van der Waals surface area (Å²) in [6.07, 6.45) is 104. The third-order valence-corrected chi connectivity index (χ3v) is 17.1. The molecule has 0 radical (unpaired) electrons. The van der Waals surface area contributed by atoms with Gasteiger partial charge >= 0.3 is 19.8 Å². The van der Waals surface area contributed by atoms with Crippen LogP contribution in [0.25, 0.3) is 0 Å². The highest BCUT2D eigenvalue weighted by Gasteiger charge is 2.27. The van der Waals surface area contributed by atoms with Crippen LogP contribution in [0.5, 0.6) is 0 Å². The summed E-state index contributed by atoms with van der Waals surface area (Å²) < 4.78 is 34.8. The molecule has 528 valence electrons. The van der Waals surface area contributed by atoms with Crippen molar-refractivity contribution in [3.63, 3.8) is 0 Å². The van der Waals surface area contributed by atoms with Crippen LogP contribution in [-0.4, -0.2) is 74.9 Å². The number of esters is 2. The van der Waals surface area contributed by atoms with E-state index < -0.39 is 26.5 Å². The summed E-state index contributed by atoms with van der Waals surface area (Å²) in [4.78, 5) is 35.9. The number of hydrogen-bond donors (Lipinski definition) is 1. The largest absolute Gasteiger partial charge is 0.472 e. The second-order valence-electron chi connectivity index (χ2n) is 26.3. The van der Waals surface area contributed by atoms with E-state index in [0.29, 0.717) is 17.4 Å². The van der Waals surface area contributed by atoms with Gasteiger partial charge in [-0.2, -0.15) is 0 Å². The topological polar surface area (TPSA) is 108 Å². The average Bonchev–Trinajstić information content (AvgIpc) is 2.23. The lowest BCUT2D eigenvalue weighted by atomic mass is 10.0. The van der Waals surface area contributed by atoms with E-state index in [4.69, 9.17) is 18.5 Å². The molecule has 0 aromatic heterocycles. The number of unbranched alkanes of at least 4 members (excludes halogenated alkanes) is 33. The Morgan fingerprint density at radius 1 is 0.348 bits per heavy atom. The summed E-state index contributed by atoms with van der Waals surface area (Å²) >= 11 is 0. The molecule has 0 aromatic rings. The molecule has 10 heteroatoms. The van der Waals surface area contributed by atoms with Gasteiger partial charge in [0.15, 0.2) is 6.10 Å². The third kappa shape index (κ3) is 75.2. The first-order valence-corrected chi connectivity index (χ1v) is 39.4.